The van der Waals surface area contributed by atoms with Crippen molar-refractivity contribution < 1.29 is 9.53 Å². The van der Waals surface area contributed by atoms with E-state index in [-0.39, 0.29) is 11.8 Å². The second-order valence-electron chi connectivity index (χ2n) is 6.99. The van der Waals surface area contributed by atoms with Gasteiger partial charge < -0.3 is 19.9 Å². The molecule has 6 heteroatoms. The van der Waals surface area contributed by atoms with E-state index in [4.69, 9.17) is 16.3 Å². The van der Waals surface area contributed by atoms with Gasteiger partial charge in [0.2, 0.25) is 5.91 Å². The molecule has 27 heavy (non-hydrogen) atoms. The Balaban J connectivity index is 1.84. The van der Waals surface area contributed by atoms with Crippen molar-refractivity contribution >= 4 is 34.6 Å². The third kappa shape index (κ3) is 4.73. The highest BCUT2D eigenvalue weighted by Crippen LogP contribution is 2.35. The largest absolute Gasteiger partial charge is 0.497 e. The van der Waals surface area contributed by atoms with Crippen LogP contribution in [0.25, 0.3) is 0 Å². The van der Waals surface area contributed by atoms with Gasteiger partial charge >= 0.3 is 0 Å². The number of likely N-dealkylation sites (tertiary alicyclic amines) is 1. The van der Waals surface area contributed by atoms with Gasteiger partial charge in [-0.25, -0.2) is 0 Å². The number of ether oxygens (including phenoxy) is 1. The topological polar surface area (TPSA) is 44.8 Å². The van der Waals surface area contributed by atoms with Crippen molar-refractivity contribution in [3.63, 3.8) is 0 Å². The van der Waals surface area contributed by atoms with Gasteiger partial charge in [-0.1, -0.05) is 11.6 Å². The Morgan fingerprint density at radius 2 is 1.85 bits per heavy atom. The van der Waals surface area contributed by atoms with Crippen molar-refractivity contribution in [1.82, 2.24) is 4.90 Å². The molecule has 0 bridgehead atoms. The summed E-state index contributed by atoms with van der Waals surface area (Å²) in [7, 11) is 5.69. The number of hydrogen-bond acceptors (Lipinski definition) is 4. The van der Waals surface area contributed by atoms with E-state index < -0.39 is 0 Å². The Morgan fingerprint density at radius 3 is 2.48 bits per heavy atom. The van der Waals surface area contributed by atoms with Crippen molar-refractivity contribution in [2.75, 3.05) is 44.5 Å². The van der Waals surface area contributed by atoms with E-state index in [1.165, 1.54) is 0 Å². The molecule has 144 valence electrons. The summed E-state index contributed by atoms with van der Waals surface area (Å²) in [6.07, 6.45) is 1.78. The highest BCUT2D eigenvalue weighted by molar-refractivity contribution is 6.30. The van der Waals surface area contributed by atoms with Crippen LogP contribution in [0.4, 0.5) is 17.1 Å². The maximum atomic E-state index is 12.8. The molecule has 1 aliphatic rings. The third-order valence-corrected chi connectivity index (χ3v) is 5.38. The molecule has 0 radical (unpaired) electrons. The van der Waals surface area contributed by atoms with Gasteiger partial charge in [-0.3, -0.25) is 4.79 Å². The molecule has 3 rings (SSSR count). The molecule has 0 aromatic heterocycles. The van der Waals surface area contributed by atoms with Gasteiger partial charge in [0.25, 0.3) is 0 Å². The third-order valence-electron chi connectivity index (χ3n) is 5.13. The fourth-order valence-corrected chi connectivity index (χ4v) is 3.46. The maximum Gasteiger partial charge on any atom is 0.227 e. The lowest BCUT2D eigenvalue weighted by Gasteiger charge is -2.29. The second-order valence-corrected chi connectivity index (χ2v) is 7.42. The highest BCUT2D eigenvalue weighted by atomic mass is 35.5. The summed E-state index contributed by atoms with van der Waals surface area (Å²) in [6.45, 7) is 1.91. The molecule has 1 saturated heterocycles. The van der Waals surface area contributed by atoms with E-state index in [0.717, 1.165) is 48.7 Å². The van der Waals surface area contributed by atoms with Crippen LogP contribution in [0.3, 0.4) is 0 Å². The number of hydrogen-bond donors (Lipinski definition) is 1. The number of nitrogens with one attached hydrogen (secondary N) is 1. The molecule has 1 fully saturated rings. The SMILES string of the molecule is COc1ccc(NC(=O)C2CCN(C)CC2)c(N(C)c2ccc(Cl)cc2)c1. The normalized spacial score (nSPS) is 15.4. The monoisotopic (exact) mass is 387 g/mol. The maximum absolute atomic E-state index is 12.8. The average molecular weight is 388 g/mol. The van der Waals surface area contributed by atoms with Gasteiger partial charge in [-0.15, -0.1) is 0 Å². The van der Waals surface area contributed by atoms with Gasteiger partial charge in [-0.2, -0.15) is 0 Å². The number of methoxy groups -OCH3 is 1. The molecule has 2 aromatic carbocycles. The summed E-state index contributed by atoms with van der Waals surface area (Å²) in [5.74, 6) is 0.874. The molecule has 0 spiro atoms. The lowest BCUT2D eigenvalue weighted by Crippen LogP contribution is -2.36. The van der Waals surface area contributed by atoms with Crippen LogP contribution in [0.15, 0.2) is 42.5 Å². The first-order valence-electron chi connectivity index (χ1n) is 9.14. The average Bonchev–Trinajstić information content (AvgIpc) is 2.69. The number of piperidine rings is 1. The number of carbonyl (C=O) groups is 1. The lowest BCUT2D eigenvalue weighted by molar-refractivity contribution is -0.121. The molecule has 1 heterocycles. The van der Waals surface area contributed by atoms with Crippen molar-refractivity contribution in [3.05, 3.63) is 47.5 Å². The number of halogens is 1. The lowest BCUT2D eigenvalue weighted by atomic mass is 9.96. The number of amides is 1. The van der Waals surface area contributed by atoms with Gasteiger partial charge in [0.1, 0.15) is 5.75 Å². The first-order chi connectivity index (χ1) is 13.0. The van der Waals surface area contributed by atoms with Crippen LogP contribution in [-0.2, 0) is 4.79 Å². The number of carbonyl (C=O) groups excluding carboxylic acids is 1. The van der Waals surface area contributed by atoms with Crippen molar-refractivity contribution in [2.24, 2.45) is 5.92 Å². The van der Waals surface area contributed by atoms with Crippen LogP contribution in [0.1, 0.15) is 12.8 Å². The van der Waals surface area contributed by atoms with Crippen LogP contribution in [-0.4, -0.2) is 45.1 Å². The van der Waals surface area contributed by atoms with E-state index in [2.05, 4.69) is 17.3 Å². The molecular formula is C21H26ClN3O2. The fourth-order valence-electron chi connectivity index (χ4n) is 3.33. The van der Waals surface area contributed by atoms with E-state index in [1.807, 2.05) is 54.4 Å². The molecule has 0 saturated carbocycles. The first kappa shape index (κ1) is 19.5. The number of rotatable bonds is 5. The first-order valence-corrected chi connectivity index (χ1v) is 9.52. The Kier molecular flexibility index (Phi) is 6.24. The predicted molar refractivity (Wildman–Crippen MR) is 111 cm³/mol. The molecule has 1 aliphatic heterocycles. The van der Waals surface area contributed by atoms with Gasteiger partial charge in [0.15, 0.2) is 0 Å². The molecule has 0 aliphatic carbocycles. The Hall–Kier alpha value is -2.24. The van der Waals surface area contributed by atoms with Crippen LogP contribution < -0.4 is 15.0 Å². The summed E-state index contributed by atoms with van der Waals surface area (Å²) in [6, 6.07) is 13.3. The minimum Gasteiger partial charge on any atom is -0.497 e. The van der Waals surface area contributed by atoms with Crippen LogP contribution >= 0.6 is 11.6 Å². The zero-order valence-electron chi connectivity index (χ0n) is 16.0. The van der Waals surface area contributed by atoms with Gasteiger partial charge in [-0.05, 0) is 69.4 Å². The summed E-state index contributed by atoms with van der Waals surface area (Å²) >= 11 is 6.01. The molecule has 0 atom stereocenters. The summed E-state index contributed by atoms with van der Waals surface area (Å²) in [4.78, 5) is 17.1. The smallest absolute Gasteiger partial charge is 0.227 e. The summed E-state index contributed by atoms with van der Waals surface area (Å²) in [5.41, 5.74) is 2.62. The van der Waals surface area contributed by atoms with Crippen LogP contribution in [0.5, 0.6) is 5.75 Å². The molecule has 0 unspecified atom stereocenters. The van der Waals surface area contributed by atoms with Crippen molar-refractivity contribution in [2.45, 2.75) is 12.8 Å². The van der Waals surface area contributed by atoms with E-state index >= 15 is 0 Å². The van der Waals surface area contributed by atoms with E-state index in [1.54, 1.807) is 7.11 Å². The molecule has 5 nitrogen and oxygen atoms in total. The summed E-state index contributed by atoms with van der Waals surface area (Å²) in [5, 5.41) is 3.82. The highest BCUT2D eigenvalue weighted by Gasteiger charge is 2.24. The van der Waals surface area contributed by atoms with E-state index in [0.29, 0.717) is 5.02 Å². The van der Waals surface area contributed by atoms with Crippen molar-refractivity contribution in [3.8, 4) is 5.75 Å². The number of benzene rings is 2. The van der Waals surface area contributed by atoms with Crippen LogP contribution in [0.2, 0.25) is 5.02 Å². The van der Waals surface area contributed by atoms with Crippen molar-refractivity contribution in [1.29, 1.82) is 0 Å². The second kappa shape index (κ2) is 8.63. The quantitative estimate of drug-likeness (QED) is 0.826. The molecular weight excluding hydrogens is 362 g/mol. The minimum absolute atomic E-state index is 0.0528. The van der Waals surface area contributed by atoms with Crippen LogP contribution in [0, 0.1) is 5.92 Å². The zero-order chi connectivity index (χ0) is 19.4. The molecule has 2 aromatic rings. The standard InChI is InChI=1S/C21H26ClN3O2/c1-24-12-10-15(11-13-24)21(26)23-19-9-8-18(27-3)14-20(19)25(2)17-6-4-16(22)5-7-17/h4-9,14-15H,10-13H2,1-3H3,(H,23,26). The predicted octanol–water partition coefficient (Wildman–Crippen LogP) is 4.40. The molecule has 1 amide bonds. The Bertz CT molecular complexity index is 787. The van der Waals surface area contributed by atoms with Gasteiger partial charge in [0.05, 0.1) is 18.5 Å². The van der Waals surface area contributed by atoms with E-state index in [9.17, 15) is 4.79 Å². The zero-order valence-corrected chi connectivity index (χ0v) is 16.8. The Labute approximate surface area is 165 Å². The summed E-state index contributed by atoms with van der Waals surface area (Å²) < 4.78 is 5.38. The Morgan fingerprint density at radius 1 is 1.19 bits per heavy atom. The number of anilines is 3. The number of nitrogens with zero attached hydrogens (tertiary/aromatic N) is 2. The molecule has 1 N–H and O–H groups in total. The fraction of sp³-hybridized carbons (Fsp3) is 0.381. The minimum atomic E-state index is 0.0528. The van der Waals surface area contributed by atoms with Gasteiger partial charge in [0, 0.05) is 29.7 Å².